The van der Waals surface area contributed by atoms with E-state index in [1.807, 2.05) is 6.08 Å². The minimum Gasteiger partial charge on any atom is -0.303 e. The molecule has 0 saturated heterocycles. The van der Waals surface area contributed by atoms with E-state index in [0.29, 0.717) is 11.8 Å². The van der Waals surface area contributed by atoms with Gasteiger partial charge in [-0.1, -0.05) is 12.5 Å². The van der Waals surface area contributed by atoms with Crippen LogP contribution < -0.4 is 0 Å². The van der Waals surface area contributed by atoms with Crippen LogP contribution in [0, 0.1) is 11.8 Å². The van der Waals surface area contributed by atoms with Crippen LogP contribution in [0.15, 0.2) is 12.7 Å². The van der Waals surface area contributed by atoms with E-state index in [-0.39, 0.29) is 0 Å². The highest BCUT2D eigenvalue weighted by atomic mass is 16.1. The molecule has 0 unspecified atom stereocenters. The minimum absolute atomic E-state index is 0.316. The third-order valence-corrected chi connectivity index (χ3v) is 2.28. The maximum Gasteiger partial charge on any atom is 0.123 e. The topological polar surface area (TPSA) is 17.1 Å². The molecule has 0 aromatic heterocycles. The Balaban J connectivity index is 2.38. The zero-order valence-electron chi connectivity index (χ0n) is 6.25. The Bertz CT molecular complexity index is 115. The highest BCUT2D eigenvalue weighted by molar-refractivity contribution is 5.53. The standard InChI is InChI=1S/C9H14O/c1-2-8-4-3-5-9(6-8)7-10/h2,7-9H,1,3-6H2/t8-,9+/m0/s1. The van der Waals surface area contributed by atoms with Gasteiger partial charge in [0.05, 0.1) is 0 Å². The SMILES string of the molecule is C=C[C@H]1CCC[C@@H](C=O)C1. The van der Waals surface area contributed by atoms with Gasteiger partial charge in [0, 0.05) is 5.92 Å². The van der Waals surface area contributed by atoms with Gasteiger partial charge >= 0.3 is 0 Å². The number of carbonyl (C=O) groups is 1. The first-order valence-electron chi connectivity index (χ1n) is 3.94. The zero-order valence-corrected chi connectivity index (χ0v) is 6.25. The summed E-state index contributed by atoms with van der Waals surface area (Å²) in [7, 11) is 0. The van der Waals surface area contributed by atoms with Crippen LogP contribution in [0.1, 0.15) is 25.7 Å². The number of hydrogen-bond donors (Lipinski definition) is 0. The van der Waals surface area contributed by atoms with Crippen molar-refractivity contribution in [3.05, 3.63) is 12.7 Å². The molecule has 56 valence electrons. The largest absolute Gasteiger partial charge is 0.303 e. The minimum atomic E-state index is 0.316. The van der Waals surface area contributed by atoms with Crippen molar-refractivity contribution in [1.29, 1.82) is 0 Å². The first kappa shape index (κ1) is 7.52. The van der Waals surface area contributed by atoms with Gasteiger partial charge in [-0.05, 0) is 25.2 Å². The summed E-state index contributed by atoms with van der Waals surface area (Å²) in [6, 6.07) is 0. The summed E-state index contributed by atoms with van der Waals surface area (Å²) in [5.74, 6) is 0.917. The first-order valence-corrected chi connectivity index (χ1v) is 3.94. The molecule has 0 heterocycles. The summed E-state index contributed by atoms with van der Waals surface area (Å²) >= 11 is 0. The Morgan fingerprint density at radius 3 is 2.60 bits per heavy atom. The molecule has 0 aromatic carbocycles. The van der Waals surface area contributed by atoms with Crippen molar-refractivity contribution < 1.29 is 4.79 Å². The molecule has 0 aliphatic heterocycles. The third-order valence-electron chi connectivity index (χ3n) is 2.28. The maximum absolute atomic E-state index is 10.4. The van der Waals surface area contributed by atoms with Gasteiger partial charge in [0.1, 0.15) is 6.29 Å². The summed E-state index contributed by atoms with van der Waals surface area (Å²) in [5, 5.41) is 0. The quantitative estimate of drug-likeness (QED) is 0.422. The molecular formula is C9H14O. The van der Waals surface area contributed by atoms with E-state index < -0.39 is 0 Å². The van der Waals surface area contributed by atoms with Crippen molar-refractivity contribution in [2.24, 2.45) is 11.8 Å². The highest BCUT2D eigenvalue weighted by Gasteiger charge is 2.18. The van der Waals surface area contributed by atoms with Gasteiger partial charge in [-0.15, -0.1) is 6.58 Å². The molecule has 0 bridgehead atoms. The van der Waals surface area contributed by atoms with E-state index in [1.54, 1.807) is 0 Å². The van der Waals surface area contributed by atoms with Crippen LogP contribution in [0.3, 0.4) is 0 Å². The fourth-order valence-corrected chi connectivity index (χ4v) is 1.60. The van der Waals surface area contributed by atoms with Crippen molar-refractivity contribution in [1.82, 2.24) is 0 Å². The monoisotopic (exact) mass is 138 g/mol. The van der Waals surface area contributed by atoms with Gasteiger partial charge in [0.25, 0.3) is 0 Å². The molecule has 10 heavy (non-hydrogen) atoms. The molecule has 1 heteroatoms. The van der Waals surface area contributed by atoms with E-state index in [2.05, 4.69) is 6.58 Å². The van der Waals surface area contributed by atoms with Crippen LogP contribution in [0.4, 0.5) is 0 Å². The lowest BCUT2D eigenvalue weighted by Gasteiger charge is -2.22. The van der Waals surface area contributed by atoms with E-state index in [1.165, 1.54) is 12.8 Å². The van der Waals surface area contributed by atoms with Gasteiger partial charge in [-0.3, -0.25) is 0 Å². The van der Waals surface area contributed by atoms with E-state index in [0.717, 1.165) is 19.1 Å². The van der Waals surface area contributed by atoms with Gasteiger partial charge in [-0.25, -0.2) is 0 Å². The van der Waals surface area contributed by atoms with Gasteiger partial charge in [-0.2, -0.15) is 0 Å². The van der Waals surface area contributed by atoms with Crippen molar-refractivity contribution in [2.75, 3.05) is 0 Å². The van der Waals surface area contributed by atoms with E-state index in [9.17, 15) is 4.79 Å². The van der Waals surface area contributed by atoms with Gasteiger partial charge in [0.15, 0.2) is 0 Å². The molecular weight excluding hydrogens is 124 g/mol. The van der Waals surface area contributed by atoms with Crippen LogP contribution in [0.25, 0.3) is 0 Å². The Kier molecular flexibility index (Phi) is 2.67. The Morgan fingerprint density at radius 2 is 2.00 bits per heavy atom. The van der Waals surface area contributed by atoms with E-state index in [4.69, 9.17) is 0 Å². The lowest BCUT2D eigenvalue weighted by molar-refractivity contribution is -0.112. The van der Waals surface area contributed by atoms with Crippen LogP contribution in [-0.2, 0) is 4.79 Å². The van der Waals surface area contributed by atoms with Crippen LogP contribution in [0.2, 0.25) is 0 Å². The molecule has 1 aliphatic rings. The molecule has 1 nitrogen and oxygen atoms in total. The summed E-state index contributed by atoms with van der Waals surface area (Å²) in [4.78, 5) is 10.4. The number of rotatable bonds is 2. The van der Waals surface area contributed by atoms with Gasteiger partial charge < -0.3 is 4.79 Å². The summed E-state index contributed by atoms with van der Waals surface area (Å²) < 4.78 is 0. The van der Waals surface area contributed by atoms with Crippen LogP contribution in [-0.4, -0.2) is 6.29 Å². The summed E-state index contributed by atoms with van der Waals surface area (Å²) in [6.45, 7) is 3.74. The van der Waals surface area contributed by atoms with Gasteiger partial charge in [0.2, 0.25) is 0 Å². The number of aldehydes is 1. The van der Waals surface area contributed by atoms with Crippen molar-refractivity contribution in [2.45, 2.75) is 25.7 Å². The number of carbonyl (C=O) groups excluding carboxylic acids is 1. The molecule has 0 spiro atoms. The van der Waals surface area contributed by atoms with Crippen molar-refractivity contribution in [3.63, 3.8) is 0 Å². The Hall–Kier alpha value is -0.590. The molecule has 1 rings (SSSR count). The van der Waals surface area contributed by atoms with E-state index >= 15 is 0 Å². The summed E-state index contributed by atoms with van der Waals surface area (Å²) in [6.07, 6.45) is 7.63. The first-order chi connectivity index (χ1) is 4.86. The smallest absolute Gasteiger partial charge is 0.123 e. The van der Waals surface area contributed by atoms with Crippen molar-refractivity contribution >= 4 is 6.29 Å². The normalized spacial score (nSPS) is 33.2. The molecule has 0 amide bonds. The maximum atomic E-state index is 10.4. The van der Waals surface area contributed by atoms with Crippen molar-refractivity contribution in [3.8, 4) is 0 Å². The lowest BCUT2D eigenvalue weighted by atomic mass is 9.82. The van der Waals surface area contributed by atoms with Crippen LogP contribution in [0.5, 0.6) is 0 Å². The Morgan fingerprint density at radius 1 is 1.30 bits per heavy atom. The second-order valence-corrected chi connectivity index (χ2v) is 3.06. The average Bonchev–Trinajstić information content (AvgIpc) is 2.05. The summed E-state index contributed by atoms with van der Waals surface area (Å²) in [5.41, 5.74) is 0. The lowest BCUT2D eigenvalue weighted by Crippen LogP contribution is -2.14. The molecule has 0 N–H and O–H groups in total. The molecule has 0 aromatic rings. The second-order valence-electron chi connectivity index (χ2n) is 3.06. The molecule has 0 radical (unpaired) electrons. The molecule has 1 saturated carbocycles. The average molecular weight is 138 g/mol. The highest BCUT2D eigenvalue weighted by Crippen LogP contribution is 2.27. The molecule has 2 atom stereocenters. The second kappa shape index (κ2) is 3.55. The van der Waals surface area contributed by atoms with Crippen LogP contribution >= 0.6 is 0 Å². The predicted molar refractivity (Wildman–Crippen MR) is 41.7 cm³/mol. The zero-order chi connectivity index (χ0) is 7.40. The molecule has 1 aliphatic carbocycles. The molecule has 1 fully saturated rings. The predicted octanol–water partition coefficient (Wildman–Crippen LogP) is 2.18. The Labute approximate surface area is 62.1 Å². The number of hydrogen-bond acceptors (Lipinski definition) is 1. The third kappa shape index (κ3) is 1.69. The number of allylic oxidation sites excluding steroid dienone is 1. The fourth-order valence-electron chi connectivity index (χ4n) is 1.60. The fraction of sp³-hybridized carbons (Fsp3) is 0.667.